The average Bonchev–Trinajstić information content (AvgIpc) is 3.37. The van der Waals surface area contributed by atoms with E-state index in [0.29, 0.717) is 35.2 Å². The Labute approximate surface area is 242 Å². The Kier molecular flexibility index (Phi) is 7.23. The number of hydrogen-bond acceptors (Lipinski definition) is 5. The summed E-state index contributed by atoms with van der Waals surface area (Å²) in [5.41, 5.74) is 4.80. The van der Waals surface area contributed by atoms with Crippen LogP contribution in [-0.2, 0) is 6.42 Å². The van der Waals surface area contributed by atoms with Gasteiger partial charge in [0.1, 0.15) is 17.1 Å². The van der Waals surface area contributed by atoms with Gasteiger partial charge in [-0.2, -0.15) is 0 Å². The van der Waals surface area contributed by atoms with Crippen molar-refractivity contribution in [3.05, 3.63) is 141 Å². The molecule has 0 fully saturated rings. The molecule has 0 saturated heterocycles. The third kappa shape index (κ3) is 4.90. The molecule has 0 aliphatic rings. The molecule has 42 heavy (non-hydrogen) atoms. The molecule has 1 unspecified atom stereocenters. The summed E-state index contributed by atoms with van der Waals surface area (Å²) in [5.74, 6) is -0.502. The van der Waals surface area contributed by atoms with E-state index in [0.717, 1.165) is 33.3 Å². The van der Waals surface area contributed by atoms with Gasteiger partial charge < -0.3 is 24.6 Å². The molecule has 1 amide bonds. The van der Waals surface area contributed by atoms with E-state index >= 15 is 0 Å². The van der Waals surface area contributed by atoms with E-state index in [-0.39, 0.29) is 17.2 Å². The number of methoxy groups -OCH3 is 1. The second-order valence-electron chi connectivity index (χ2n) is 10.3. The van der Waals surface area contributed by atoms with Crippen LogP contribution in [-0.4, -0.2) is 29.7 Å². The predicted octanol–water partition coefficient (Wildman–Crippen LogP) is 6.45. The van der Waals surface area contributed by atoms with Crippen LogP contribution in [0, 0.1) is 6.92 Å². The molecule has 0 aliphatic heterocycles. The van der Waals surface area contributed by atoms with Crippen molar-refractivity contribution in [3.8, 4) is 11.5 Å². The van der Waals surface area contributed by atoms with E-state index in [1.165, 1.54) is 7.11 Å². The molecule has 3 N–H and O–H groups in total. The quantitative estimate of drug-likeness (QED) is 0.186. The Morgan fingerprint density at radius 3 is 2.40 bits per heavy atom. The van der Waals surface area contributed by atoms with Gasteiger partial charge in [0, 0.05) is 23.1 Å². The number of rotatable bonds is 8. The Morgan fingerprint density at radius 2 is 1.62 bits per heavy atom. The van der Waals surface area contributed by atoms with E-state index in [4.69, 9.17) is 9.15 Å². The summed E-state index contributed by atoms with van der Waals surface area (Å²) in [6.45, 7) is 2.34. The molecule has 210 valence electrons. The van der Waals surface area contributed by atoms with Gasteiger partial charge in [0.2, 0.25) is 0 Å². The fourth-order valence-electron chi connectivity index (χ4n) is 5.60. The van der Waals surface area contributed by atoms with Gasteiger partial charge >= 0.3 is 5.63 Å². The van der Waals surface area contributed by atoms with Crippen LogP contribution in [0.25, 0.3) is 21.9 Å². The molecular weight excluding hydrogens is 528 g/mol. The van der Waals surface area contributed by atoms with E-state index in [2.05, 4.69) is 10.3 Å². The number of carbonyl (C=O) groups excluding carboxylic acids is 1. The highest BCUT2D eigenvalue weighted by Gasteiger charge is 2.30. The summed E-state index contributed by atoms with van der Waals surface area (Å²) in [6, 6.07) is 29.8. The molecule has 0 aliphatic carbocycles. The first-order valence-electron chi connectivity index (χ1n) is 13.8. The van der Waals surface area contributed by atoms with Crippen LogP contribution in [0.5, 0.6) is 11.5 Å². The maximum Gasteiger partial charge on any atom is 0.344 e. The molecule has 0 saturated carbocycles. The van der Waals surface area contributed by atoms with Gasteiger partial charge in [-0.3, -0.25) is 4.79 Å². The average molecular weight is 559 g/mol. The SMILES string of the molecule is COc1ccccc1C(=O)NCCc1c(C(c2ccc(C)cc2)c2c(O)c3ccccc3oc2=O)[nH]c2ccccc12. The molecule has 7 heteroatoms. The monoisotopic (exact) mass is 558 g/mol. The number of aromatic hydroxyl groups is 1. The number of aromatic nitrogens is 1. The number of hydrogen-bond donors (Lipinski definition) is 3. The number of H-pyrrole nitrogens is 1. The Bertz CT molecular complexity index is 1970. The minimum absolute atomic E-state index is 0.110. The summed E-state index contributed by atoms with van der Waals surface area (Å²) in [6.07, 6.45) is 0.474. The van der Waals surface area contributed by atoms with Crippen LogP contribution in [0.2, 0.25) is 0 Å². The smallest absolute Gasteiger partial charge is 0.344 e. The van der Waals surface area contributed by atoms with E-state index in [1.54, 1.807) is 42.5 Å². The molecule has 2 aromatic heterocycles. The highest BCUT2D eigenvalue weighted by atomic mass is 16.5. The number of benzene rings is 4. The molecule has 0 bridgehead atoms. The highest BCUT2D eigenvalue weighted by Crippen LogP contribution is 2.41. The molecule has 1 atom stereocenters. The fourth-order valence-corrected chi connectivity index (χ4v) is 5.60. The Morgan fingerprint density at radius 1 is 0.929 bits per heavy atom. The zero-order chi connectivity index (χ0) is 29.2. The summed E-state index contributed by atoms with van der Waals surface area (Å²) >= 11 is 0. The van der Waals surface area contributed by atoms with Crippen LogP contribution in [0.4, 0.5) is 0 Å². The van der Waals surface area contributed by atoms with Crippen molar-refractivity contribution in [2.24, 2.45) is 0 Å². The molecule has 0 radical (unpaired) electrons. The minimum atomic E-state index is -0.654. The predicted molar refractivity (Wildman–Crippen MR) is 164 cm³/mol. The maximum atomic E-state index is 13.5. The standard InChI is InChI=1S/C35H30N2O5/c1-21-15-17-22(18-16-21)30(31-33(38)25-10-4-8-14-29(25)42-35(31)40)32-24(23-9-3-6-12-27(23)37-32)19-20-36-34(39)26-11-5-7-13-28(26)41-2/h3-18,30,37-38H,19-20H2,1-2H3,(H,36,39). The number of ether oxygens (including phenoxy) is 1. The number of aryl methyl sites for hydroxylation is 1. The van der Waals surface area contributed by atoms with Crippen molar-refractivity contribution >= 4 is 27.8 Å². The van der Waals surface area contributed by atoms with Gasteiger partial charge in [0.15, 0.2) is 0 Å². The second-order valence-corrected chi connectivity index (χ2v) is 10.3. The number of nitrogens with one attached hydrogen (secondary N) is 2. The lowest BCUT2D eigenvalue weighted by Gasteiger charge is -2.20. The van der Waals surface area contributed by atoms with E-state index in [9.17, 15) is 14.7 Å². The zero-order valence-corrected chi connectivity index (χ0v) is 23.3. The van der Waals surface area contributed by atoms with Crippen LogP contribution >= 0.6 is 0 Å². The maximum absolute atomic E-state index is 13.5. The first-order valence-corrected chi connectivity index (χ1v) is 13.8. The summed E-state index contributed by atoms with van der Waals surface area (Å²) in [4.78, 5) is 30.1. The van der Waals surface area contributed by atoms with Gasteiger partial charge in [0.05, 0.1) is 29.5 Å². The van der Waals surface area contributed by atoms with Crippen LogP contribution < -0.4 is 15.7 Å². The number of fused-ring (bicyclic) bond motifs is 2. The highest BCUT2D eigenvalue weighted by molar-refractivity contribution is 5.97. The molecule has 4 aromatic carbocycles. The van der Waals surface area contributed by atoms with Crippen molar-refractivity contribution in [2.75, 3.05) is 13.7 Å². The first kappa shape index (κ1) is 26.9. The number of carbonyl (C=O) groups is 1. The largest absolute Gasteiger partial charge is 0.507 e. The van der Waals surface area contributed by atoms with Gasteiger partial charge in [-0.15, -0.1) is 0 Å². The van der Waals surface area contributed by atoms with Crippen LogP contribution in [0.3, 0.4) is 0 Å². The van der Waals surface area contributed by atoms with Crippen molar-refractivity contribution in [3.63, 3.8) is 0 Å². The second kappa shape index (κ2) is 11.3. The van der Waals surface area contributed by atoms with Crippen molar-refractivity contribution in [1.82, 2.24) is 10.3 Å². The molecular formula is C35H30N2O5. The molecule has 7 nitrogen and oxygen atoms in total. The van der Waals surface area contributed by atoms with Gasteiger partial charge in [-0.1, -0.05) is 72.3 Å². The topological polar surface area (TPSA) is 105 Å². The Hall–Kier alpha value is -5.30. The molecule has 6 aromatic rings. The summed E-state index contributed by atoms with van der Waals surface area (Å²) < 4.78 is 11.1. The van der Waals surface area contributed by atoms with E-state index in [1.807, 2.05) is 61.5 Å². The third-order valence-electron chi connectivity index (χ3n) is 7.67. The molecule has 6 rings (SSSR count). The molecule has 0 spiro atoms. The third-order valence-corrected chi connectivity index (χ3v) is 7.67. The lowest BCUT2D eigenvalue weighted by Crippen LogP contribution is -2.26. The van der Waals surface area contributed by atoms with Crippen molar-refractivity contribution in [1.29, 1.82) is 0 Å². The summed E-state index contributed by atoms with van der Waals surface area (Å²) in [5, 5.41) is 16.0. The van der Waals surface area contributed by atoms with Crippen LogP contribution in [0.15, 0.2) is 106 Å². The zero-order valence-electron chi connectivity index (χ0n) is 23.3. The van der Waals surface area contributed by atoms with Crippen molar-refractivity contribution in [2.45, 2.75) is 19.3 Å². The number of aromatic amines is 1. The molecule has 2 heterocycles. The van der Waals surface area contributed by atoms with Crippen LogP contribution in [0.1, 0.15) is 44.2 Å². The Balaban J connectivity index is 1.47. The van der Waals surface area contributed by atoms with Gasteiger partial charge in [-0.05, 0) is 54.8 Å². The van der Waals surface area contributed by atoms with Gasteiger partial charge in [0.25, 0.3) is 5.91 Å². The minimum Gasteiger partial charge on any atom is -0.507 e. The number of amides is 1. The lowest BCUT2D eigenvalue weighted by molar-refractivity contribution is 0.0951. The fraction of sp³-hybridized carbons (Fsp3) is 0.143. The first-order chi connectivity index (χ1) is 20.5. The van der Waals surface area contributed by atoms with Crippen molar-refractivity contribution < 1.29 is 19.1 Å². The lowest BCUT2D eigenvalue weighted by atomic mass is 9.85. The van der Waals surface area contributed by atoms with E-state index < -0.39 is 11.5 Å². The van der Waals surface area contributed by atoms with Gasteiger partial charge in [-0.25, -0.2) is 4.79 Å². The number of para-hydroxylation sites is 3. The summed E-state index contributed by atoms with van der Waals surface area (Å²) in [7, 11) is 1.54. The normalized spacial score (nSPS) is 12.0.